The van der Waals surface area contributed by atoms with Gasteiger partial charge in [-0.05, 0) is 25.5 Å². The molecule has 5 nitrogen and oxygen atoms in total. The Labute approximate surface area is 95.3 Å². The van der Waals surface area contributed by atoms with E-state index in [0.717, 1.165) is 16.8 Å². The van der Waals surface area contributed by atoms with Crippen molar-refractivity contribution in [1.82, 2.24) is 4.98 Å². The molecular formula is C11H19N3O2. The van der Waals surface area contributed by atoms with E-state index in [1.54, 1.807) is 0 Å². The molecule has 5 N–H and O–H groups in total. The molecule has 0 radical (unpaired) electrons. The zero-order valence-corrected chi connectivity index (χ0v) is 9.70. The Hall–Kier alpha value is -1.17. The summed E-state index contributed by atoms with van der Waals surface area (Å²) in [4.78, 5) is 4.33. The number of aryl methyl sites for hydroxylation is 2. The van der Waals surface area contributed by atoms with Gasteiger partial charge in [-0.1, -0.05) is 0 Å². The second-order valence-electron chi connectivity index (χ2n) is 3.82. The van der Waals surface area contributed by atoms with Gasteiger partial charge in [0.2, 0.25) is 0 Å². The molecule has 0 aliphatic heterocycles. The van der Waals surface area contributed by atoms with Gasteiger partial charge in [0.25, 0.3) is 0 Å². The minimum absolute atomic E-state index is 0.144. The number of aliphatic hydroxyl groups is 2. The Morgan fingerprint density at radius 2 is 2.00 bits per heavy atom. The molecule has 0 unspecified atom stereocenters. The molecule has 0 spiro atoms. The minimum Gasteiger partial charge on any atom is -0.394 e. The molecule has 0 aromatic carbocycles. The van der Waals surface area contributed by atoms with Crippen LogP contribution in [0, 0.1) is 13.8 Å². The Morgan fingerprint density at radius 3 is 2.50 bits per heavy atom. The number of rotatable bonds is 5. The first-order valence-corrected chi connectivity index (χ1v) is 5.27. The van der Waals surface area contributed by atoms with E-state index < -0.39 is 6.04 Å². The van der Waals surface area contributed by atoms with E-state index in [-0.39, 0.29) is 13.2 Å². The number of hydrogen-bond donors (Lipinski definition) is 4. The summed E-state index contributed by atoms with van der Waals surface area (Å²) in [5, 5.41) is 21.0. The average molecular weight is 225 g/mol. The number of nitrogens with zero attached hydrogens (tertiary/aromatic N) is 1. The zero-order valence-electron chi connectivity index (χ0n) is 9.70. The van der Waals surface area contributed by atoms with E-state index in [0.29, 0.717) is 12.4 Å². The van der Waals surface area contributed by atoms with Crippen LogP contribution in [0.25, 0.3) is 0 Å². The summed E-state index contributed by atoms with van der Waals surface area (Å²) in [6, 6.07) is 1.55. The van der Waals surface area contributed by atoms with E-state index in [1.165, 1.54) is 0 Å². The van der Waals surface area contributed by atoms with Crippen molar-refractivity contribution in [2.75, 3.05) is 18.5 Å². The largest absolute Gasteiger partial charge is 0.394 e. The van der Waals surface area contributed by atoms with Crippen LogP contribution >= 0.6 is 0 Å². The number of aliphatic hydroxyl groups excluding tert-OH is 2. The molecule has 1 rings (SSSR count). The number of anilines is 1. The molecule has 0 bridgehead atoms. The summed E-state index contributed by atoms with van der Waals surface area (Å²) < 4.78 is 0. The number of aromatic nitrogens is 1. The van der Waals surface area contributed by atoms with Gasteiger partial charge in [0.05, 0.1) is 19.3 Å². The first kappa shape index (κ1) is 12.9. The maximum Gasteiger partial charge on any atom is 0.131 e. The highest BCUT2D eigenvalue weighted by molar-refractivity contribution is 5.50. The molecule has 0 amide bonds. The van der Waals surface area contributed by atoms with Crippen molar-refractivity contribution in [2.45, 2.75) is 26.4 Å². The number of hydrogen-bond acceptors (Lipinski definition) is 5. The lowest BCUT2D eigenvalue weighted by molar-refractivity contribution is 0.203. The second-order valence-corrected chi connectivity index (χ2v) is 3.82. The molecular weight excluding hydrogens is 206 g/mol. The van der Waals surface area contributed by atoms with Gasteiger partial charge in [-0.2, -0.15) is 0 Å². The fourth-order valence-electron chi connectivity index (χ4n) is 1.58. The van der Waals surface area contributed by atoms with E-state index in [4.69, 9.17) is 15.9 Å². The van der Waals surface area contributed by atoms with Crippen LogP contribution in [-0.4, -0.2) is 34.5 Å². The highest BCUT2D eigenvalue weighted by Crippen LogP contribution is 2.18. The highest BCUT2D eigenvalue weighted by Gasteiger charge is 2.11. The Kier molecular flexibility index (Phi) is 4.67. The fraction of sp³-hybridized carbons (Fsp3) is 0.545. The fourth-order valence-corrected chi connectivity index (χ4v) is 1.58. The standard InChI is InChI=1S/C11H19N3O2/c1-7-3-8(2)13-11(10(7)4-12)14-9(5-15)6-16/h3,9,15-16H,4-6,12H2,1-2H3,(H,13,14). The van der Waals surface area contributed by atoms with Gasteiger partial charge in [-0.25, -0.2) is 4.98 Å². The van der Waals surface area contributed by atoms with Crippen molar-refractivity contribution in [1.29, 1.82) is 0 Å². The van der Waals surface area contributed by atoms with Crippen molar-refractivity contribution >= 4 is 5.82 Å². The molecule has 0 saturated heterocycles. The van der Waals surface area contributed by atoms with Crippen molar-refractivity contribution in [3.63, 3.8) is 0 Å². The van der Waals surface area contributed by atoms with Crippen molar-refractivity contribution < 1.29 is 10.2 Å². The lowest BCUT2D eigenvalue weighted by Gasteiger charge is -2.18. The van der Waals surface area contributed by atoms with Crippen LogP contribution in [0.1, 0.15) is 16.8 Å². The highest BCUT2D eigenvalue weighted by atomic mass is 16.3. The third kappa shape index (κ3) is 2.91. The second kappa shape index (κ2) is 5.79. The van der Waals surface area contributed by atoms with Crippen molar-refractivity contribution in [2.24, 2.45) is 5.73 Å². The summed E-state index contributed by atoms with van der Waals surface area (Å²) in [5.74, 6) is 0.646. The summed E-state index contributed by atoms with van der Waals surface area (Å²) in [7, 11) is 0. The molecule has 0 aliphatic rings. The van der Waals surface area contributed by atoms with Crippen LogP contribution < -0.4 is 11.1 Å². The zero-order chi connectivity index (χ0) is 12.1. The molecule has 0 aliphatic carbocycles. The van der Waals surface area contributed by atoms with Crippen LogP contribution in [0.5, 0.6) is 0 Å². The van der Waals surface area contributed by atoms with Crippen LogP contribution in [0.3, 0.4) is 0 Å². The van der Waals surface area contributed by atoms with Crippen LogP contribution in [0.2, 0.25) is 0 Å². The number of nitrogens with two attached hydrogens (primary N) is 1. The van der Waals surface area contributed by atoms with Gasteiger partial charge in [0, 0.05) is 17.8 Å². The number of nitrogens with one attached hydrogen (secondary N) is 1. The smallest absolute Gasteiger partial charge is 0.131 e. The van der Waals surface area contributed by atoms with Gasteiger partial charge >= 0.3 is 0 Å². The van der Waals surface area contributed by atoms with Crippen molar-refractivity contribution in [3.8, 4) is 0 Å². The van der Waals surface area contributed by atoms with Gasteiger partial charge in [0.1, 0.15) is 5.82 Å². The van der Waals surface area contributed by atoms with Crippen LogP contribution in [0.15, 0.2) is 6.07 Å². The molecule has 0 fully saturated rings. The van der Waals surface area contributed by atoms with E-state index >= 15 is 0 Å². The molecule has 1 heterocycles. The van der Waals surface area contributed by atoms with Gasteiger partial charge in [-0.3, -0.25) is 0 Å². The minimum atomic E-state index is -0.404. The first-order chi connectivity index (χ1) is 7.62. The van der Waals surface area contributed by atoms with Gasteiger partial charge < -0.3 is 21.3 Å². The maximum atomic E-state index is 9.01. The summed E-state index contributed by atoms with van der Waals surface area (Å²) in [6.45, 7) is 3.95. The molecule has 1 aromatic rings. The van der Waals surface area contributed by atoms with Crippen LogP contribution in [0.4, 0.5) is 5.82 Å². The lowest BCUT2D eigenvalue weighted by Crippen LogP contribution is -2.29. The third-order valence-corrected chi connectivity index (χ3v) is 2.46. The monoisotopic (exact) mass is 225 g/mol. The molecule has 0 atom stereocenters. The normalized spacial score (nSPS) is 10.9. The van der Waals surface area contributed by atoms with E-state index in [2.05, 4.69) is 10.3 Å². The summed E-state index contributed by atoms with van der Waals surface area (Å²) >= 11 is 0. The first-order valence-electron chi connectivity index (χ1n) is 5.27. The quantitative estimate of drug-likeness (QED) is 0.563. The maximum absolute atomic E-state index is 9.01. The Balaban J connectivity index is 3.01. The van der Waals surface area contributed by atoms with Crippen molar-refractivity contribution in [3.05, 3.63) is 22.9 Å². The van der Waals surface area contributed by atoms with E-state index in [9.17, 15) is 0 Å². The predicted molar refractivity (Wildman–Crippen MR) is 63.2 cm³/mol. The number of pyridine rings is 1. The van der Waals surface area contributed by atoms with Gasteiger partial charge in [0.15, 0.2) is 0 Å². The Bertz CT molecular complexity index is 351. The van der Waals surface area contributed by atoms with Gasteiger partial charge in [-0.15, -0.1) is 0 Å². The Morgan fingerprint density at radius 1 is 1.38 bits per heavy atom. The topological polar surface area (TPSA) is 91.4 Å². The lowest BCUT2D eigenvalue weighted by atomic mass is 10.1. The van der Waals surface area contributed by atoms with E-state index in [1.807, 2.05) is 19.9 Å². The SMILES string of the molecule is Cc1cc(C)c(CN)c(NC(CO)CO)n1. The molecule has 90 valence electrons. The molecule has 5 heteroatoms. The van der Waals surface area contributed by atoms with Crippen LogP contribution in [-0.2, 0) is 6.54 Å². The molecule has 0 saturated carbocycles. The molecule has 1 aromatic heterocycles. The predicted octanol–water partition coefficient (Wildman–Crippen LogP) is -0.0778. The summed E-state index contributed by atoms with van der Waals surface area (Å²) in [6.07, 6.45) is 0. The summed E-state index contributed by atoms with van der Waals surface area (Å²) in [5.41, 5.74) is 8.51. The molecule has 16 heavy (non-hydrogen) atoms. The third-order valence-electron chi connectivity index (χ3n) is 2.46. The average Bonchev–Trinajstić information content (AvgIpc) is 2.25.